The molecule has 0 atom stereocenters. The maximum Gasteiger partial charge on any atom is 0.309 e. The smallest absolute Gasteiger partial charge is 0.309 e. The van der Waals surface area contributed by atoms with E-state index in [1.54, 1.807) is 0 Å². The van der Waals surface area contributed by atoms with Crippen molar-refractivity contribution in [1.29, 1.82) is 0 Å². The fourth-order valence-electron chi connectivity index (χ4n) is 2.60. The molecule has 0 bridgehead atoms. The van der Waals surface area contributed by atoms with Gasteiger partial charge < -0.3 is 5.11 Å². The van der Waals surface area contributed by atoms with Gasteiger partial charge in [0.05, 0.1) is 11.5 Å². The van der Waals surface area contributed by atoms with Gasteiger partial charge in [0, 0.05) is 21.2 Å². The molecule has 0 amide bonds. The molecule has 1 rings (SSSR count). The van der Waals surface area contributed by atoms with E-state index in [1.807, 2.05) is 20.8 Å². The number of hydrogen-bond acceptors (Lipinski definition) is 3. The number of carbonyl (C=O) groups is 1. The zero-order chi connectivity index (χ0) is 13.8. The molecule has 0 aromatic rings. The van der Waals surface area contributed by atoms with Crippen LogP contribution in [-0.4, -0.2) is 32.8 Å². The van der Waals surface area contributed by atoms with E-state index >= 15 is 0 Å². The third-order valence-corrected chi connectivity index (χ3v) is 6.77. The summed E-state index contributed by atoms with van der Waals surface area (Å²) in [6.07, 6.45) is 3.52. The van der Waals surface area contributed by atoms with Crippen molar-refractivity contribution >= 4 is 15.7 Å². The molecular weight excluding hydrogens is 250 g/mol. The standard InChI is InChI=1S/C13H25NO3S/c1-4-13(12(15)16)9-7-11(8-10-13)14-18(17,5-2)6-3/h11H,4-10H2,1-3H3,(H,15,16). The summed E-state index contributed by atoms with van der Waals surface area (Å²) < 4.78 is 16.8. The summed E-state index contributed by atoms with van der Waals surface area (Å²) in [6, 6.07) is 0.0939. The molecule has 0 heterocycles. The van der Waals surface area contributed by atoms with Crippen molar-refractivity contribution in [2.45, 2.75) is 58.9 Å². The van der Waals surface area contributed by atoms with Crippen LogP contribution in [0.15, 0.2) is 4.36 Å². The van der Waals surface area contributed by atoms with Crippen molar-refractivity contribution in [3.63, 3.8) is 0 Å². The summed E-state index contributed by atoms with van der Waals surface area (Å²) in [4.78, 5) is 11.3. The van der Waals surface area contributed by atoms with Crippen LogP contribution < -0.4 is 0 Å². The first-order chi connectivity index (χ1) is 8.41. The molecule has 0 spiro atoms. The highest BCUT2D eigenvalue weighted by Gasteiger charge is 2.40. The predicted molar refractivity (Wildman–Crippen MR) is 74.3 cm³/mol. The Hall–Kier alpha value is -0.580. The molecule has 4 nitrogen and oxygen atoms in total. The number of carboxylic acids is 1. The Morgan fingerprint density at radius 2 is 1.78 bits per heavy atom. The molecule has 0 aromatic heterocycles. The number of carboxylic acid groups (broad SMARTS) is 1. The van der Waals surface area contributed by atoms with Crippen molar-refractivity contribution in [3.8, 4) is 0 Å². The van der Waals surface area contributed by atoms with E-state index in [-0.39, 0.29) is 6.04 Å². The molecular formula is C13H25NO3S. The third-order valence-electron chi connectivity index (χ3n) is 4.29. The van der Waals surface area contributed by atoms with Gasteiger partial charge in [0.25, 0.3) is 0 Å². The highest BCUT2D eigenvalue weighted by Crippen LogP contribution is 2.40. The maximum atomic E-state index is 12.3. The van der Waals surface area contributed by atoms with E-state index in [4.69, 9.17) is 0 Å². The van der Waals surface area contributed by atoms with Gasteiger partial charge >= 0.3 is 5.97 Å². The minimum atomic E-state index is -2.05. The monoisotopic (exact) mass is 275 g/mol. The lowest BCUT2D eigenvalue weighted by molar-refractivity contribution is -0.151. The van der Waals surface area contributed by atoms with E-state index in [0.29, 0.717) is 30.8 Å². The van der Waals surface area contributed by atoms with Gasteiger partial charge in [-0.3, -0.25) is 4.79 Å². The fraction of sp³-hybridized carbons (Fsp3) is 0.923. The van der Waals surface area contributed by atoms with Gasteiger partial charge in [-0.1, -0.05) is 20.8 Å². The first kappa shape index (κ1) is 15.5. The van der Waals surface area contributed by atoms with Crippen molar-refractivity contribution < 1.29 is 14.1 Å². The van der Waals surface area contributed by atoms with Crippen LogP contribution in [0.2, 0.25) is 0 Å². The molecule has 106 valence electrons. The van der Waals surface area contributed by atoms with Crippen LogP contribution in [-0.2, 0) is 14.5 Å². The lowest BCUT2D eigenvalue weighted by Crippen LogP contribution is -2.36. The summed E-state index contributed by atoms with van der Waals surface area (Å²) in [5.41, 5.74) is -0.564. The molecule has 18 heavy (non-hydrogen) atoms. The molecule has 1 aliphatic carbocycles. The Balaban J connectivity index is 2.76. The molecule has 1 N–H and O–H groups in total. The van der Waals surface area contributed by atoms with Gasteiger partial charge in [-0.05, 0) is 32.1 Å². The third kappa shape index (κ3) is 3.25. The van der Waals surface area contributed by atoms with Crippen LogP contribution in [0.1, 0.15) is 52.9 Å². The van der Waals surface area contributed by atoms with Crippen molar-refractivity contribution in [2.75, 3.05) is 11.5 Å². The van der Waals surface area contributed by atoms with Gasteiger partial charge in [-0.15, -0.1) is 0 Å². The van der Waals surface area contributed by atoms with Crippen molar-refractivity contribution in [3.05, 3.63) is 0 Å². The SMILES string of the molecule is CCC1(C(=O)O)CCC(N=S(=O)(CC)CC)CC1. The second kappa shape index (κ2) is 6.04. The van der Waals surface area contributed by atoms with Gasteiger partial charge in [0.1, 0.15) is 0 Å². The number of hydrogen-bond donors (Lipinski definition) is 1. The minimum Gasteiger partial charge on any atom is -0.481 e. The molecule has 0 saturated heterocycles. The second-order valence-electron chi connectivity index (χ2n) is 5.13. The Bertz CT molecular complexity index is 392. The van der Waals surface area contributed by atoms with Crippen LogP contribution in [0.25, 0.3) is 0 Å². The number of nitrogens with zero attached hydrogens (tertiary/aromatic N) is 1. The van der Waals surface area contributed by atoms with E-state index in [9.17, 15) is 14.1 Å². The lowest BCUT2D eigenvalue weighted by atomic mass is 9.71. The minimum absolute atomic E-state index is 0.0939. The predicted octanol–water partition coefficient (Wildman–Crippen LogP) is 2.92. The highest BCUT2D eigenvalue weighted by molar-refractivity contribution is 7.93. The van der Waals surface area contributed by atoms with Crippen LogP contribution in [0, 0.1) is 5.41 Å². The Labute approximate surface area is 110 Å². The average molecular weight is 275 g/mol. The largest absolute Gasteiger partial charge is 0.481 e. The van der Waals surface area contributed by atoms with Crippen molar-refractivity contribution in [1.82, 2.24) is 0 Å². The Morgan fingerprint density at radius 3 is 2.11 bits per heavy atom. The molecule has 0 aromatic carbocycles. The van der Waals surface area contributed by atoms with Gasteiger partial charge in [0.15, 0.2) is 0 Å². The lowest BCUT2D eigenvalue weighted by Gasteiger charge is -2.34. The van der Waals surface area contributed by atoms with E-state index in [1.165, 1.54) is 0 Å². The molecule has 0 aliphatic heterocycles. The highest BCUT2D eigenvalue weighted by atomic mass is 32.2. The molecule has 0 radical (unpaired) electrons. The van der Waals surface area contributed by atoms with Gasteiger partial charge in [-0.2, -0.15) is 0 Å². The number of rotatable bonds is 5. The zero-order valence-electron chi connectivity index (χ0n) is 11.6. The molecule has 1 saturated carbocycles. The van der Waals surface area contributed by atoms with E-state index in [2.05, 4.69) is 4.36 Å². The normalized spacial score (nSPS) is 28.9. The molecule has 0 unspecified atom stereocenters. The molecule has 1 aliphatic rings. The van der Waals surface area contributed by atoms with Crippen molar-refractivity contribution in [2.24, 2.45) is 9.78 Å². The maximum absolute atomic E-state index is 12.3. The Morgan fingerprint density at radius 1 is 1.28 bits per heavy atom. The van der Waals surface area contributed by atoms with Gasteiger partial charge in [0.2, 0.25) is 0 Å². The Kier molecular flexibility index (Phi) is 5.20. The molecule has 5 heteroatoms. The second-order valence-corrected chi connectivity index (χ2v) is 8.04. The topological polar surface area (TPSA) is 66.7 Å². The van der Waals surface area contributed by atoms with Gasteiger partial charge in [-0.25, -0.2) is 8.57 Å². The summed E-state index contributed by atoms with van der Waals surface area (Å²) in [5, 5.41) is 9.31. The summed E-state index contributed by atoms with van der Waals surface area (Å²) in [5.74, 6) is 0.505. The van der Waals surface area contributed by atoms with Crippen LogP contribution in [0.3, 0.4) is 0 Å². The summed E-state index contributed by atoms with van der Waals surface area (Å²) in [6.45, 7) is 5.75. The first-order valence-corrected chi connectivity index (χ1v) is 8.71. The average Bonchev–Trinajstić information content (AvgIpc) is 2.39. The van der Waals surface area contributed by atoms with Crippen LogP contribution in [0.4, 0.5) is 0 Å². The quantitative estimate of drug-likeness (QED) is 0.839. The number of aliphatic carboxylic acids is 1. The molecule has 1 fully saturated rings. The van der Waals surface area contributed by atoms with Crippen LogP contribution in [0.5, 0.6) is 0 Å². The first-order valence-electron chi connectivity index (χ1n) is 6.86. The van der Waals surface area contributed by atoms with E-state index in [0.717, 1.165) is 12.8 Å². The fourth-order valence-corrected chi connectivity index (χ4v) is 4.06. The zero-order valence-corrected chi connectivity index (χ0v) is 12.5. The summed E-state index contributed by atoms with van der Waals surface area (Å²) >= 11 is 0. The summed E-state index contributed by atoms with van der Waals surface area (Å²) in [7, 11) is -2.05. The van der Waals surface area contributed by atoms with E-state index < -0.39 is 21.1 Å². The van der Waals surface area contributed by atoms with Crippen LogP contribution >= 0.6 is 0 Å².